The summed E-state index contributed by atoms with van der Waals surface area (Å²) in [5, 5.41) is 15.3. The maximum absolute atomic E-state index is 11.1. The zero-order chi connectivity index (χ0) is 13.6. The van der Waals surface area contributed by atoms with Gasteiger partial charge in [-0.3, -0.25) is 4.68 Å². The molecule has 1 saturated carbocycles. The van der Waals surface area contributed by atoms with Gasteiger partial charge < -0.3 is 9.84 Å². The van der Waals surface area contributed by atoms with Crippen LogP contribution < -0.4 is 4.74 Å². The Bertz CT molecular complexity index is 439. The molecule has 1 N–H and O–H groups in total. The zero-order valence-corrected chi connectivity index (χ0v) is 12.0. The van der Waals surface area contributed by atoms with Gasteiger partial charge >= 0.3 is 0 Å². The molecule has 2 rings (SSSR count). The number of rotatable bonds is 2. The van der Waals surface area contributed by atoms with Crippen LogP contribution in [0.15, 0.2) is 6.20 Å². The molecule has 1 aromatic heterocycles. The highest BCUT2D eigenvalue weighted by Crippen LogP contribution is 2.50. The van der Waals surface area contributed by atoms with E-state index in [9.17, 15) is 5.11 Å². The molecule has 18 heavy (non-hydrogen) atoms. The van der Waals surface area contributed by atoms with Gasteiger partial charge in [0.1, 0.15) is 11.3 Å². The second-order valence-corrected chi connectivity index (χ2v) is 6.57. The van der Waals surface area contributed by atoms with Gasteiger partial charge in [-0.1, -0.05) is 20.8 Å². The van der Waals surface area contributed by atoms with Crippen molar-refractivity contribution in [3.8, 4) is 5.75 Å². The van der Waals surface area contributed by atoms with E-state index in [4.69, 9.17) is 4.74 Å². The van der Waals surface area contributed by atoms with Gasteiger partial charge in [0.05, 0.1) is 13.3 Å². The number of aliphatic hydroxyl groups is 1. The summed E-state index contributed by atoms with van der Waals surface area (Å²) in [6.07, 6.45) is 4.35. The second kappa shape index (κ2) is 4.26. The molecule has 1 fully saturated rings. The summed E-state index contributed by atoms with van der Waals surface area (Å²) in [5.41, 5.74) is 0.115. The number of hydrogen-bond donors (Lipinski definition) is 1. The molecule has 4 nitrogen and oxygen atoms in total. The van der Waals surface area contributed by atoms with Crippen LogP contribution in [0.25, 0.3) is 0 Å². The summed E-state index contributed by atoms with van der Waals surface area (Å²) in [7, 11) is 3.49. The molecule has 1 aromatic rings. The van der Waals surface area contributed by atoms with E-state index in [-0.39, 0.29) is 5.41 Å². The van der Waals surface area contributed by atoms with Crippen molar-refractivity contribution >= 4 is 0 Å². The maximum Gasteiger partial charge on any atom is 0.162 e. The van der Waals surface area contributed by atoms with Crippen LogP contribution in [0.2, 0.25) is 0 Å². The standard InChI is InChI=1S/C14H24N2O2/c1-10-6-13(2,3)9-14(17,7-10)12-11(18-5)8-15-16(12)4/h8,10,17H,6-7,9H2,1-5H3. The molecule has 2 atom stereocenters. The molecular weight excluding hydrogens is 228 g/mol. The molecule has 1 aliphatic rings. The lowest BCUT2D eigenvalue weighted by Gasteiger charge is -2.44. The molecular formula is C14H24N2O2. The van der Waals surface area contributed by atoms with E-state index in [2.05, 4.69) is 25.9 Å². The molecule has 1 heterocycles. The first-order valence-corrected chi connectivity index (χ1v) is 6.56. The number of hydrogen-bond acceptors (Lipinski definition) is 3. The van der Waals surface area contributed by atoms with Crippen LogP contribution in [0.5, 0.6) is 5.75 Å². The number of aromatic nitrogens is 2. The Hall–Kier alpha value is -1.03. The Labute approximate surface area is 109 Å². The number of aryl methyl sites for hydroxylation is 1. The first-order valence-electron chi connectivity index (χ1n) is 6.56. The predicted octanol–water partition coefficient (Wildman–Crippen LogP) is 2.46. The van der Waals surface area contributed by atoms with Crippen molar-refractivity contribution in [2.24, 2.45) is 18.4 Å². The first kappa shape index (κ1) is 13.4. The van der Waals surface area contributed by atoms with Crippen LogP contribution in [-0.2, 0) is 12.6 Å². The van der Waals surface area contributed by atoms with E-state index in [0.717, 1.165) is 25.0 Å². The van der Waals surface area contributed by atoms with Crippen LogP contribution in [0, 0.1) is 11.3 Å². The Kier molecular flexibility index (Phi) is 3.18. The van der Waals surface area contributed by atoms with Gasteiger partial charge in [-0.2, -0.15) is 5.10 Å². The summed E-state index contributed by atoms with van der Waals surface area (Å²) in [6, 6.07) is 0. The molecule has 0 aliphatic heterocycles. The van der Waals surface area contributed by atoms with Crippen LogP contribution in [0.4, 0.5) is 0 Å². The molecule has 2 unspecified atom stereocenters. The van der Waals surface area contributed by atoms with Crippen molar-refractivity contribution in [2.45, 2.75) is 45.6 Å². The van der Waals surface area contributed by atoms with Crippen molar-refractivity contribution < 1.29 is 9.84 Å². The monoisotopic (exact) mass is 252 g/mol. The molecule has 4 heteroatoms. The zero-order valence-electron chi connectivity index (χ0n) is 12.0. The van der Waals surface area contributed by atoms with E-state index in [1.54, 1.807) is 18.0 Å². The lowest BCUT2D eigenvalue weighted by molar-refractivity contribution is -0.0701. The van der Waals surface area contributed by atoms with Crippen molar-refractivity contribution in [1.29, 1.82) is 0 Å². The average molecular weight is 252 g/mol. The van der Waals surface area contributed by atoms with E-state index < -0.39 is 5.60 Å². The Balaban J connectivity index is 2.43. The minimum atomic E-state index is -0.836. The van der Waals surface area contributed by atoms with Crippen molar-refractivity contribution in [1.82, 2.24) is 9.78 Å². The highest BCUT2D eigenvalue weighted by atomic mass is 16.5. The third-order valence-corrected chi connectivity index (χ3v) is 3.92. The summed E-state index contributed by atoms with van der Waals surface area (Å²) >= 11 is 0. The second-order valence-electron chi connectivity index (χ2n) is 6.57. The Morgan fingerprint density at radius 2 is 2.11 bits per heavy atom. The molecule has 0 aromatic carbocycles. The Morgan fingerprint density at radius 3 is 2.67 bits per heavy atom. The van der Waals surface area contributed by atoms with Crippen LogP contribution in [0.3, 0.4) is 0 Å². The molecule has 0 spiro atoms. The van der Waals surface area contributed by atoms with Gasteiger partial charge in [-0.05, 0) is 30.6 Å². The molecule has 1 aliphatic carbocycles. The molecule has 0 saturated heterocycles. The normalized spacial score (nSPS) is 31.3. The van der Waals surface area contributed by atoms with E-state index in [0.29, 0.717) is 11.7 Å². The summed E-state index contributed by atoms with van der Waals surface area (Å²) in [5.74, 6) is 1.18. The van der Waals surface area contributed by atoms with Crippen molar-refractivity contribution in [3.63, 3.8) is 0 Å². The lowest BCUT2D eigenvalue weighted by atomic mass is 9.65. The minimum Gasteiger partial charge on any atom is -0.493 e. The summed E-state index contributed by atoms with van der Waals surface area (Å²) < 4.78 is 7.09. The van der Waals surface area contributed by atoms with Gasteiger partial charge in [-0.25, -0.2) is 0 Å². The number of nitrogens with zero attached hydrogens (tertiary/aromatic N) is 2. The van der Waals surface area contributed by atoms with Crippen molar-refractivity contribution in [3.05, 3.63) is 11.9 Å². The molecule has 0 radical (unpaired) electrons. The lowest BCUT2D eigenvalue weighted by Crippen LogP contribution is -2.41. The summed E-state index contributed by atoms with van der Waals surface area (Å²) in [4.78, 5) is 0. The third kappa shape index (κ3) is 2.26. The van der Waals surface area contributed by atoms with Gasteiger partial charge in [0.25, 0.3) is 0 Å². The first-order chi connectivity index (χ1) is 8.27. The quantitative estimate of drug-likeness (QED) is 0.879. The Morgan fingerprint density at radius 1 is 1.44 bits per heavy atom. The fourth-order valence-electron chi connectivity index (χ4n) is 3.81. The van der Waals surface area contributed by atoms with E-state index >= 15 is 0 Å². The maximum atomic E-state index is 11.1. The fourth-order valence-corrected chi connectivity index (χ4v) is 3.81. The molecule has 0 bridgehead atoms. The highest BCUT2D eigenvalue weighted by Gasteiger charge is 2.45. The third-order valence-electron chi connectivity index (χ3n) is 3.92. The minimum absolute atomic E-state index is 0.141. The van der Waals surface area contributed by atoms with E-state index in [1.165, 1.54) is 0 Å². The number of methoxy groups -OCH3 is 1. The number of ether oxygens (including phenoxy) is 1. The van der Waals surface area contributed by atoms with Crippen molar-refractivity contribution in [2.75, 3.05) is 7.11 Å². The van der Waals surface area contributed by atoms with Crippen LogP contribution in [-0.4, -0.2) is 22.0 Å². The molecule has 0 amide bonds. The SMILES string of the molecule is COc1cnn(C)c1C1(O)CC(C)CC(C)(C)C1. The largest absolute Gasteiger partial charge is 0.493 e. The van der Waals surface area contributed by atoms with Crippen LogP contribution in [0.1, 0.15) is 45.7 Å². The smallest absolute Gasteiger partial charge is 0.162 e. The van der Waals surface area contributed by atoms with E-state index in [1.807, 2.05) is 7.05 Å². The van der Waals surface area contributed by atoms with Gasteiger partial charge in [-0.15, -0.1) is 0 Å². The predicted molar refractivity (Wildman–Crippen MR) is 70.5 cm³/mol. The highest BCUT2D eigenvalue weighted by molar-refractivity contribution is 5.31. The van der Waals surface area contributed by atoms with Gasteiger partial charge in [0, 0.05) is 7.05 Å². The topological polar surface area (TPSA) is 47.3 Å². The fraction of sp³-hybridized carbons (Fsp3) is 0.786. The van der Waals surface area contributed by atoms with Crippen LogP contribution >= 0.6 is 0 Å². The van der Waals surface area contributed by atoms with Gasteiger partial charge in [0.2, 0.25) is 0 Å². The molecule has 102 valence electrons. The van der Waals surface area contributed by atoms with Gasteiger partial charge in [0.15, 0.2) is 5.75 Å². The summed E-state index contributed by atoms with van der Waals surface area (Å²) in [6.45, 7) is 6.64. The average Bonchev–Trinajstić information content (AvgIpc) is 2.56.